The normalized spacial score (nSPS) is 22.4. The number of nitrogens with zero attached hydrogens (tertiary/aromatic N) is 2. The first kappa shape index (κ1) is 21.3. The number of carbonyl (C=O) groups excluding carboxylic acids is 2. The van der Waals surface area contributed by atoms with Gasteiger partial charge in [0, 0.05) is 38.6 Å². The highest BCUT2D eigenvalue weighted by Crippen LogP contribution is 2.32. The van der Waals surface area contributed by atoms with Crippen molar-refractivity contribution in [2.45, 2.75) is 64.0 Å². The molecule has 0 aromatic heterocycles. The minimum atomic E-state index is -0.265. The Morgan fingerprint density at radius 2 is 1.53 bits per heavy atom. The fraction of sp³-hybridized carbons (Fsp3) is 0.667. The molecule has 1 aliphatic heterocycles. The zero-order valence-electron chi connectivity index (χ0n) is 17.8. The summed E-state index contributed by atoms with van der Waals surface area (Å²) < 4.78 is 13.1. The number of benzene rings is 1. The molecule has 3 fully saturated rings. The Kier molecular flexibility index (Phi) is 7.03. The molecule has 1 heterocycles. The molecule has 6 heteroatoms. The lowest BCUT2D eigenvalue weighted by molar-refractivity contribution is -0.138. The SMILES string of the molecule is O=C(NCc1ccc(F)cc1)[C@H](C1CCCC1)N1CCN(C(=O)C2CCCC2)CC1. The molecule has 30 heavy (non-hydrogen) atoms. The van der Waals surface area contributed by atoms with Gasteiger partial charge >= 0.3 is 0 Å². The van der Waals surface area contributed by atoms with Gasteiger partial charge in [-0.15, -0.1) is 0 Å². The van der Waals surface area contributed by atoms with E-state index < -0.39 is 0 Å². The lowest BCUT2D eigenvalue weighted by Crippen LogP contribution is -2.58. The van der Waals surface area contributed by atoms with E-state index in [1.807, 2.05) is 4.90 Å². The molecule has 0 bridgehead atoms. The van der Waals surface area contributed by atoms with Crippen molar-refractivity contribution in [2.75, 3.05) is 26.2 Å². The van der Waals surface area contributed by atoms with E-state index in [9.17, 15) is 14.0 Å². The van der Waals surface area contributed by atoms with Crippen molar-refractivity contribution < 1.29 is 14.0 Å². The number of amides is 2. The standard InChI is InChI=1S/C24H34FN3O2/c25-21-11-9-18(10-12-21)17-26-23(29)22(19-5-1-2-6-19)27-13-15-28(16-14-27)24(30)20-7-3-4-8-20/h9-12,19-20,22H,1-8,13-17H2,(H,26,29)/t22-/m0/s1. The zero-order valence-corrected chi connectivity index (χ0v) is 17.8. The summed E-state index contributed by atoms with van der Waals surface area (Å²) in [6.07, 6.45) is 8.98. The van der Waals surface area contributed by atoms with Crippen molar-refractivity contribution in [1.82, 2.24) is 15.1 Å². The maximum atomic E-state index is 13.2. The molecular weight excluding hydrogens is 381 g/mol. The van der Waals surface area contributed by atoms with Gasteiger partial charge in [0.1, 0.15) is 5.82 Å². The van der Waals surface area contributed by atoms with Crippen LogP contribution in [0.25, 0.3) is 0 Å². The van der Waals surface area contributed by atoms with Gasteiger partial charge in [0.15, 0.2) is 0 Å². The van der Waals surface area contributed by atoms with E-state index in [1.165, 1.54) is 37.8 Å². The average molecular weight is 416 g/mol. The highest BCUT2D eigenvalue weighted by atomic mass is 19.1. The Morgan fingerprint density at radius 1 is 0.933 bits per heavy atom. The van der Waals surface area contributed by atoms with Crippen LogP contribution in [-0.2, 0) is 16.1 Å². The zero-order chi connectivity index (χ0) is 20.9. The van der Waals surface area contributed by atoms with Crippen LogP contribution in [0.4, 0.5) is 4.39 Å². The second-order valence-corrected chi connectivity index (χ2v) is 9.18. The summed E-state index contributed by atoms with van der Waals surface area (Å²) in [6, 6.07) is 6.16. The van der Waals surface area contributed by atoms with E-state index in [1.54, 1.807) is 12.1 Å². The van der Waals surface area contributed by atoms with Crippen LogP contribution in [0, 0.1) is 17.7 Å². The molecule has 1 aromatic rings. The summed E-state index contributed by atoms with van der Waals surface area (Å²) in [6.45, 7) is 3.41. The van der Waals surface area contributed by atoms with Crippen LogP contribution < -0.4 is 5.32 Å². The van der Waals surface area contributed by atoms with E-state index in [4.69, 9.17) is 0 Å². The Balaban J connectivity index is 1.35. The molecule has 0 radical (unpaired) electrons. The largest absolute Gasteiger partial charge is 0.351 e. The summed E-state index contributed by atoms with van der Waals surface area (Å²) in [5.74, 6) is 0.738. The number of piperazine rings is 1. The van der Waals surface area contributed by atoms with Crippen molar-refractivity contribution in [3.8, 4) is 0 Å². The van der Waals surface area contributed by atoms with Crippen molar-refractivity contribution in [3.63, 3.8) is 0 Å². The van der Waals surface area contributed by atoms with Gasteiger partial charge in [-0.3, -0.25) is 14.5 Å². The van der Waals surface area contributed by atoms with Gasteiger partial charge in [0.2, 0.25) is 11.8 Å². The Hall–Kier alpha value is -1.95. The predicted molar refractivity (Wildman–Crippen MR) is 114 cm³/mol. The lowest BCUT2D eigenvalue weighted by Gasteiger charge is -2.41. The topological polar surface area (TPSA) is 52.7 Å². The Morgan fingerprint density at radius 3 is 2.17 bits per heavy atom. The van der Waals surface area contributed by atoms with Gasteiger partial charge in [-0.2, -0.15) is 0 Å². The molecule has 2 aliphatic carbocycles. The summed E-state index contributed by atoms with van der Waals surface area (Å²) in [5.41, 5.74) is 0.905. The molecule has 4 rings (SSSR count). The van der Waals surface area contributed by atoms with Crippen LogP contribution >= 0.6 is 0 Å². The number of hydrogen-bond donors (Lipinski definition) is 1. The van der Waals surface area contributed by atoms with Gasteiger partial charge < -0.3 is 10.2 Å². The van der Waals surface area contributed by atoms with Crippen LogP contribution in [0.15, 0.2) is 24.3 Å². The first-order chi connectivity index (χ1) is 14.6. The summed E-state index contributed by atoms with van der Waals surface area (Å²) in [7, 11) is 0. The first-order valence-corrected chi connectivity index (χ1v) is 11.7. The monoisotopic (exact) mass is 415 g/mol. The molecule has 2 saturated carbocycles. The predicted octanol–water partition coefficient (Wildman–Crippen LogP) is 3.34. The van der Waals surface area contributed by atoms with Gasteiger partial charge in [0.05, 0.1) is 6.04 Å². The second kappa shape index (κ2) is 9.90. The third kappa shape index (κ3) is 5.02. The molecule has 1 saturated heterocycles. The quantitative estimate of drug-likeness (QED) is 0.775. The van der Waals surface area contributed by atoms with Crippen molar-refractivity contribution >= 4 is 11.8 Å². The Bertz CT molecular complexity index is 718. The third-order valence-electron chi connectivity index (χ3n) is 7.22. The van der Waals surface area contributed by atoms with E-state index in [0.29, 0.717) is 18.4 Å². The molecule has 0 unspecified atom stereocenters. The van der Waals surface area contributed by atoms with Crippen molar-refractivity contribution in [1.29, 1.82) is 0 Å². The number of halogens is 1. The highest BCUT2D eigenvalue weighted by molar-refractivity contribution is 5.82. The van der Waals surface area contributed by atoms with Crippen molar-refractivity contribution in [2.24, 2.45) is 11.8 Å². The smallest absolute Gasteiger partial charge is 0.237 e. The van der Waals surface area contributed by atoms with E-state index in [0.717, 1.165) is 57.4 Å². The molecule has 1 N–H and O–H groups in total. The van der Waals surface area contributed by atoms with E-state index in [2.05, 4.69) is 10.2 Å². The maximum Gasteiger partial charge on any atom is 0.237 e. The minimum Gasteiger partial charge on any atom is -0.351 e. The molecule has 1 aromatic carbocycles. The number of nitrogens with one attached hydrogen (secondary N) is 1. The summed E-state index contributed by atoms with van der Waals surface area (Å²) in [4.78, 5) is 30.3. The summed E-state index contributed by atoms with van der Waals surface area (Å²) >= 11 is 0. The van der Waals surface area contributed by atoms with E-state index in [-0.39, 0.29) is 23.7 Å². The van der Waals surface area contributed by atoms with Gasteiger partial charge in [-0.25, -0.2) is 4.39 Å². The van der Waals surface area contributed by atoms with Gasteiger partial charge in [-0.1, -0.05) is 37.8 Å². The molecule has 1 atom stereocenters. The average Bonchev–Trinajstić information content (AvgIpc) is 3.48. The summed E-state index contributed by atoms with van der Waals surface area (Å²) in [5, 5.41) is 3.09. The molecule has 5 nitrogen and oxygen atoms in total. The molecule has 3 aliphatic rings. The fourth-order valence-corrected chi connectivity index (χ4v) is 5.50. The number of rotatable bonds is 6. The molecular formula is C24H34FN3O2. The van der Waals surface area contributed by atoms with Crippen LogP contribution in [0.5, 0.6) is 0 Å². The second-order valence-electron chi connectivity index (χ2n) is 9.18. The third-order valence-corrected chi connectivity index (χ3v) is 7.22. The molecule has 2 amide bonds. The van der Waals surface area contributed by atoms with Crippen LogP contribution in [-0.4, -0.2) is 53.8 Å². The van der Waals surface area contributed by atoms with Crippen LogP contribution in [0.2, 0.25) is 0 Å². The van der Waals surface area contributed by atoms with Gasteiger partial charge in [0.25, 0.3) is 0 Å². The number of hydrogen-bond acceptors (Lipinski definition) is 3. The van der Waals surface area contributed by atoms with Crippen molar-refractivity contribution in [3.05, 3.63) is 35.6 Å². The molecule has 164 valence electrons. The van der Waals surface area contributed by atoms with Crippen LogP contribution in [0.3, 0.4) is 0 Å². The highest BCUT2D eigenvalue weighted by Gasteiger charge is 2.38. The number of carbonyl (C=O) groups is 2. The van der Waals surface area contributed by atoms with Gasteiger partial charge in [-0.05, 0) is 49.3 Å². The molecule has 0 spiro atoms. The maximum absolute atomic E-state index is 13.2. The minimum absolute atomic E-state index is 0.0711. The fourth-order valence-electron chi connectivity index (χ4n) is 5.50. The van der Waals surface area contributed by atoms with Crippen LogP contribution in [0.1, 0.15) is 56.9 Å². The first-order valence-electron chi connectivity index (χ1n) is 11.7. The lowest BCUT2D eigenvalue weighted by atomic mass is 9.94. The van der Waals surface area contributed by atoms with E-state index >= 15 is 0 Å². The Labute approximate surface area is 179 Å².